The largest absolute Gasteiger partial charge is 0.478 e. The first-order chi connectivity index (χ1) is 12.6. The molecule has 0 aromatic heterocycles. The van der Waals surface area contributed by atoms with Gasteiger partial charge in [-0.25, -0.2) is 4.79 Å². The first-order valence-corrected chi connectivity index (χ1v) is 7.98. The van der Waals surface area contributed by atoms with Gasteiger partial charge >= 0.3 is 5.97 Å². The third-order valence-corrected chi connectivity index (χ3v) is 4.36. The van der Waals surface area contributed by atoms with Gasteiger partial charge in [0, 0.05) is 22.4 Å². The predicted octanol–water partition coefficient (Wildman–Crippen LogP) is 3.90. The van der Waals surface area contributed by atoms with Crippen LogP contribution in [0, 0.1) is 0 Å². The summed E-state index contributed by atoms with van der Waals surface area (Å²) in [5, 5.41) is 12.6. The number of rotatable bonds is 3. The number of anilines is 2. The number of carboxylic acid groups (broad SMARTS) is 1. The number of aromatic carboxylic acids is 1. The molecule has 5 nitrogen and oxygen atoms in total. The van der Waals surface area contributed by atoms with Gasteiger partial charge in [-0.2, -0.15) is 0 Å². The van der Waals surface area contributed by atoms with Crippen LogP contribution in [0.1, 0.15) is 42.2 Å². The van der Waals surface area contributed by atoms with E-state index in [0.717, 1.165) is 5.69 Å². The lowest BCUT2D eigenvalue weighted by atomic mass is 9.81. The minimum Gasteiger partial charge on any atom is -0.478 e. The van der Waals surface area contributed by atoms with Gasteiger partial charge < -0.3 is 10.4 Å². The molecule has 1 aliphatic rings. The fraction of sp³-hybridized carbons (Fsp3) is 0. The molecule has 0 bridgehead atoms. The van der Waals surface area contributed by atoms with Gasteiger partial charge in [0.25, 0.3) is 0 Å². The lowest BCUT2D eigenvalue weighted by molar-refractivity contribution is 0.0692. The molecule has 0 fully saturated rings. The highest BCUT2D eigenvalue weighted by molar-refractivity contribution is 6.32. The SMILES string of the molecule is O=C(O)c1cccc2c1C(=O)c1c(Nc3ccccc3)cccc1C2=O. The molecule has 0 radical (unpaired) electrons. The molecule has 0 spiro atoms. The van der Waals surface area contributed by atoms with E-state index in [2.05, 4.69) is 5.32 Å². The van der Waals surface area contributed by atoms with Crippen molar-refractivity contribution in [1.29, 1.82) is 0 Å². The van der Waals surface area contributed by atoms with Crippen LogP contribution in [0.25, 0.3) is 0 Å². The number of nitrogens with one attached hydrogen (secondary N) is 1. The fourth-order valence-electron chi connectivity index (χ4n) is 3.20. The molecule has 126 valence electrons. The number of hydrogen-bond acceptors (Lipinski definition) is 4. The number of carboxylic acids is 1. The van der Waals surface area contributed by atoms with Crippen molar-refractivity contribution in [3.8, 4) is 0 Å². The van der Waals surface area contributed by atoms with E-state index in [9.17, 15) is 19.5 Å². The Bertz CT molecular complexity index is 1070. The first kappa shape index (κ1) is 15.8. The van der Waals surface area contributed by atoms with Crippen molar-refractivity contribution in [3.05, 3.63) is 94.5 Å². The van der Waals surface area contributed by atoms with Crippen molar-refractivity contribution in [1.82, 2.24) is 0 Å². The Morgan fingerprint density at radius 1 is 0.731 bits per heavy atom. The summed E-state index contributed by atoms with van der Waals surface area (Å²) in [6, 6.07) is 18.5. The van der Waals surface area contributed by atoms with Crippen molar-refractivity contribution in [2.24, 2.45) is 0 Å². The molecule has 0 amide bonds. The summed E-state index contributed by atoms with van der Waals surface area (Å²) in [5.41, 5.74) is 1.60. The van der Waals surface area contributed by atoms with Crippen molar-refractivity contribution in [2.45, 2.75) is 0 Å². The van der Waals surface area contributed by atoms with Crippen molar-refractivity contribution in [3.63, 3.8) is 0 Å². The zero-order valence-corrected chi connectivity index (χ0v) is 13.5. The topological polar surface area (TPSA) is 83.5 Å². The number of ketones is 2. The van der Waals surface area contributed by atoms with Crippen LogP contribution in [0.3, 0.4) is 0 Å². The van der Waals surface area contributed by atoms with Crippen LogP contribution in [0.15, 0.2) is 66.7 Å². The Morgan fingerprint density at radius 3 is 2.08 bits per heavy atom. The van der Waals surface area contributed by atoms with Crippen LogP contribution in [0.4, 0.5) is 11.4 Å². The number of hydrogen-bond donors (Lipinski definition) is 2. The van der Waals surface area contributed by atoms with E-state index in [1.165, 1.54) is 18.2 Å². The quantitative estimate of drug-likeness (QED) is 0.589. The second-order valence-electron chi connectivity index (χ2n) is 5.91. The lowest BCUT2D eigenvalue weighted by Gasteiger charge is -2.22. The second kappa shape index (κ2) is 5.97. The molecule has 5 heteroatoms. The molecular formula is C21H13NO4. The summed E-state index contributed by atoms with van der Waals surface area (Å²) in [6.45, 7) is 0. The first-order valence-electron chi connectivity index (χ1n) is 7.98. The summed E-state index contributed by atoms with van der Waals surface area (Å²) in [4.78, 5) is 37.5. The summed E-state index contributed by atoms with van der Waals surface area (Å²) in [6.07, 6.45) is 0. The zero-order valence-electron chi connectivity index (χ0n) is 13.5. The van der Waals surface area contributed by atoms with E-state index in [-0.39, 0.29) is 33.6 Å². The van der Waals surface area contributed by atoms with E-state index < -0.39 is 11.8 Å². The molecule has 0 aliphatic heterocycles. The highest BCUT2D eigenvalue weighted by Gasteiger charge is 2.34. The van der Waals surface area contributed by atoms with E-state index in [1.807, 2.05) is 30.3 Å². The monoisotopic (exact) mass is 343 g/mol. The molecule has 4 rings (SSSR count). The van der Waals surface area contributed by atoms with Gasteiger partial charge in [-0.1, -0.05) is 42.5 Å². The molecule has 0 saturated heterocycles. The third kappa shape index (κ3) is 2.38. The molecule has 0 atom stereocenters. The Balaban J connectivity index is 1.91. The number of carbonyl (C=O) groups excluding carboxylic acids is 2. The average molecular weight is 343 g/mol. The minimum atomic E-state index is -1.24. The Labute approximate surface area is 148 Å². The summed E-state index contributed by atoms with van der Waals surface area (Å²) in [5.74, 6) is -2.05. The van der Waals surface area contributed by atoms with E-state index in [4.69, 9.17) is 0 Å². The summed E-state index contributed by atoms with van der Waals surface area (Å²) >= 11 is 0. The molecule has 3 aromatic rings. The maximum absolute atomic E-state index is 13.1. The van der Waals surface area contributed by atoms with Gasteiger partial charge in [-0.15, -0.1) is 0 Å². The third-order valence-electron chi connectivity index (χ3n) is 4.36. The van der Waals surface area contributed by atoms with Crippen LogP contribution in [0.2, 0.25) is 0 Å². The van der Waals surface area contributed by atoms with Crippen LogP contribution < -0.4 is 5.32 Å². The summed E-state index contributed by atoms with van der Waals surface area (Å²) in [7, 11) is 0. The number of carbonyl (C=O) groups is 3. The molecule has 1 aliphatic carbocycles. The van der Waals surface area contributed by atoms with Crippen LogP contribution in [0.5, 0.6) is 0 Å². The second-order valence-corrected chi connectivity index (χ2v) is 5.91. The molecule has 3 aromatic carbocycles. The van der Waals surface area contributed by atoms with Crippen LogP contribution in [-0.2, 0) is 0 Å². The molecule has 0 unspecified atom stereocenters. The summed E-state index contributed by atoms with van der Waals surface area (Å²) < 4.78 is 0. The smallest absolute Gasteiger partial charge is 0.336 e. The molecule has 0 heterocycles. The maximum atomic E-state index is 13.1. The standard InChI is InChI=1S/C21H13NO4/c23-19-13-8-4-10-15(21(25)26)17(13)20(24)18-14(19)9-5-11-16(18)22-12-6-2-1-3-7-12/h1-11,22H,(H,25,26). The van der Waals surface area contributed by atoms with Gasteiger partial charge in [0.1, 0.15) is 0 Å². The van der Waals surface area contributed by atoms with Crippen molar-refractivity contribution < 1.29 is 19.5 Å². The number of para-hydroxylation sites is 1. The van der Waals surface area contributed by atoms with Gasteiger partial charge in [-0.05, 0) is 24.3 Å². The highest BCUT2D eigenvalue weighted by Crippen LogP contribution is 2.34. The van der Waals surface area contributed by atoms with Crippen LogP contribution in [-0.4, -0.2) is 22.6 Å². The molecule has 0 saturated carbocycles. The van der Waals surface area contributed by atoms with E-state index in [1.54, 1.807) is 18.2 Å². The number of benzene rings is 3. The van der Waals surface area contributed by atoms with Gasteiger partial charge in [0.15, 0.2) is 11.6 Å². The Morgan fingerprint density at radius 2 is 1.38 bits per heavy atom. The van der Waals surface area contributed by atoms with Gasteiger partial charge in [0.05, 0.1) is 16.8 Å². The highest BCUT2D eigenvalue weighted by atomic mass is 16.4. The van der Waals surface area contributed by atoms with E-state index in [0.29, 0.717) is 5.69 Å². The Hall–Kier alpha value is -3.73. The average Bonchev–Trinajstić information content (AvgIpc) is 2.66. The van der Waals surface area contributed by atoms with Crippen molar-refractivity contribution >= 4 is 28.9 Å². The predicted molar refractivity (Wildman–Crippen MR) is 96.4 cm³/mol. The zero-order chi connectivity index (χ0) is 18.3. The number of fused-ring (bicyclic) bond motifs is 2. The molecular weight excluding hydrogens is 330 g/mol. The maximum Gasteiger partial charge on any atom is 0.336 e. The van der Waals surface area contributed by atoms with E-state index >= 15 is 0 Å². The fourth-order valence-corrected chi connectivity index (χ4v) is 3.20. The molecule has 2 N–H and O–H groups in total. The minimum absolute atomic E-state index is 0.0557. The van der Waals surface area contributed by atoms with Gasteiger partial charge in [0.2, 0.25) is 0 Å². The van der Waals surface area contributed by atoms with Crippen LogP contribution >= 0.6 is 0 Å². The molecule has 26 heavy (non-hydrogen) atoms. The van der Waals surface area contributed by atoms with Crippen molar-refractivity contribution in [2.75, 3.05) is 5.32 Å². The Kier molecular flexibility index (Phi) is 3.62. The normalized spacial score (nSPS) is 12.3. The van der Waals surface area contributed by atoms with Gasteiger partial charge in [-0.3, -0.25) is 9.59 Å². The lowest BCUT2D eigenvalue weighted by Crippen LogP contribution is -2.24.